The lowest BCUT2D eigenvalue weighted by atomic mass is 10.1. The van der Waals surface area contributed by atoms with Crippen LogP contribution in [0.25, 0.3) is 0 Å². The van der Waals surface area contributed by atoms with Gasteiger partial charge in [0.1, 0.15) is 6.61 Å². The molecule has 1 atom stereocenters. The van der Waals surface area contributed by atoms with Crippen LogP contribution in [-0.2, 0) is 16.0 Å². The van der Waals surface area contributed by atoms with Gasteiger partial charge in [-0.25, -0.2) is 9.69 Å². The van der Waals surface area contributed by atoms with E-state index in [2.05, 4.69) is 19.9 Å². The van der Waals surface area contributed by atoms with Crippen molar-refractivity contribution in [3.8, 4) is 0 Å². The number of carbonyl (C=O) groups excluding carboxylic acids is 2. The van der Waals surface area contributed by atoms with E-state index in [0.29, 0.717) is 6.42 Å². The molecular formula is C21H27NO3. The zero-order valence-corrected chi connectivity index (χ0v) is 15.3. The number of ether oxygens (including phenoxy) is 1. The molecule has 2 rings (SSSR count). The molecule has 134 valence electrons. The summed E-state index contributed by atoms with van der Waals surface area (Å²) in [7, 11) is 0. The van der Waals surface area contributed by atoms with Gasteiger partial charge < -0.3 is 4.74 Å². The Hall–Kier alpha value is -2.36. The summed E-state index contributed by atoms with van der Waals surface area (Å²) in [6, 6.07) is 9.64. The van der Waals surface area contributed by atoms with Crippen molar-refractivity contribution in [1.29, 1.82) is 0 Å². The molecule has 2 amide bonds. The standard InChI is InChI=1S/C21H27NO3/c1-16(2)8-7-9-17(3)12-13-20(23)22-19(15-25-21(22)24)14-18-10-5-4-6-11-18/h4-6,8,10-12,19H,7,9,13-15H2,1-3H3/b17-12+/t19-/m0/s1. The third kappa shape index (κ3) is 5.89. The number of imide groups is 1. The van der Waals surface area contributed by atoms with Gasteiger partial charge in [-0.1, -0.05) is 53.6 Å². The van der Waals surface area contributed by atoms with Crippen LogP contribution >= 0.6 is 0 Å². The number of rotatable bonds is 7. The van der Waals surface area contributed by atoms with Crippen molar-refractivity contribution in [2.75, 3.05) is 6.61 Å². The third-order valence-corrected chi connectivity index (χ3v) is 4.26. The van der Waals surface area contributed by atoms with Gasteiger partial charge in [0, 0.05) is 6.42 Å². The van der Waals surface area contributed by atoms with Gasteiger partial charge >= 0.3 is 6.09 Å². The zero-order valence-electron chi connectivity index (χ0n) is 15.3. The highest BCUT2D eigenvalue weighted by molar-refractivity contribution is 5.94. The number of amides is 2. The lowest BCUT2D eigenvalue weighted by molar-refractivity contribution is -0.128. The molecule has 0 spiro atoms. The topological polar surface area (TPSA) is 46.6 Å². The van der Waals surface area contributed by atoms with E-state index >= 15 is 0 Å². The van der Waals surface area contributed by atoms with Crippen LogP contribution in [0.3, 0.4) is 0 Å². The molecule has 1 aromatic carbocycles. The fraction of sp³-hybridized carbons (Fsp3) is 0.429. The molecule has 0 radical (unpaired) electrons. The predicted molar refractivity (Wildman–Crippen MR) is 99.2 cm³/mol. The second-order valence-electron chi connectivity index (χ2n) is 6.76. The highest BCUT2D eigenvalue weighted by Crippen LogP contribution is 2.19. The molecule has 25 heavy (non-hydrogen) atoms. The molecule has 0 aliphatic carbocycles. The number of hydrogen-bond donors (Lipinski definition) is 0. The molecule has 0 N–H and O–H groups in total. The first-order chi connectivity index (χ1) is 12.0. The molecule has 1 aliphatic rings. The van der Waals surface area contributed by atoms with Crippen molar-refractivity contribution in [2.45, 2.75) is 52.5 Å². The first-order valence-electron chi connectivity index (χ1n) is 8.79. The van der Waals surface area contributed by atoms with Crippen LogP contribution in [0.1, 0.15) is 45.6 Å². The molecule has 0 saturated carbocycles. The van der Waals surface area contributed by atoms with Gasteiger partial charge in [-0.2, -0.15) is 0 Å². The molecule has 1 heterocycles. The zero-order chi connectivity index (χ0) is 18.2. The van der Waals surface area contributed by atoms with Crippen molar-refractivity contribution >= 4 is 12.0 Å². The summed E-state index contributed by atoms with van der Waals surface area (Å²) >= 11 is 0. The Bertz CT molecular complexity index is 657. The number of benzene rings is 1. The monoisotopic (exact) mass is 341 g/mol. The van der Waals surface area contributed by atoms with Crippen LogP contribution in [0.5, 0.6) is 0 Å². The quantitative estimate of drug-likeness (QED) is 0.678. The summed E-state index contributed by atoms with van der Waals surface area (Å²) in [6.07, 6.45) is 6.35. The maximum absolute atomic E-state index is 12.5. The molecule has 1 aliphatic heterocycles. The number of allylic oxidation sites excluding steroid dienone is 3. The molecule has 0 unspecified atom stereocenters. The van der Waals surface area contributed by atoms with Crippen LogP contribution < -0.4 is 0 Å². The Kier molecular flexibility index (Phi) is 6.99. The Morgan fingerprint density at radius 1 is 1.20 bits per heavy atom. The molecular weight excluding hydrogens is 314 g/mol. The molecule has 0 bridgehead atoms. The van der Waals surface area contributed by atoms with Crippen molar-refractivity contribution < 1.29 is 14.3 Å². The largest absolute Gasteiger partial charge is 0.447 e. The minimum atomic E-state index is -0.526. The summed E-state index contributed by atoms with van der Waals surface area (Å²) in [5.74, 6) is -0.190. The van der Waals surface area contributed by atoms with Crippen LogP contribution in [0, 0.1) is 0 Å². The number of carbonyl (C=O) groups is 2. The lowest BCUT2D eigenvalue weighted by Gasteiger charge is -2.19. The summed E-state index contributed by atoms with van der Waals surface area (Å²) in [6.45, 7) is 6.45. The Balaban J connectivity index is 1.93. The van der Waals surface area contributed by atoms with Gasteiger partial charge in [0.15, 0.2) is 0 Å². The SMILES string of the molecule is CC(C)=CCC/C(C)=C/CC(=O)N1C(=O)OC[C@@H]1Cc1ccccc1. The summed E-state index contributed by atoms with van der Waals surface area (Å²) < 4.78 is 5.11. The molecule has 1 fully saturated rings. The summed E-state index contributed by atoms with van der Waals surface area (Å²) in [4.78, 5) is 25.8. The second kappa shape index (κ2) is 9.21. The molecule has 1 saturated heterocycles. The van der Waals surface area contributed by atoms with E-state index in [4.69, 9.17) is 4.74 Å². The minimum Gasteiger partial charge on any atom is -0.447 e. The van der Waals surface area contributed by atoms with Crippen molar-refractivity contribution in [3.05, 3.63) is 59.2 Å². The molecule has 4 heteroatoms. The maximum Gasteiger partial charge on any atom is 0.416 e. The second-order valence-corrected chi connectivity index (χ2v) is 6.76. The minimum absolute atomic E-state index is 0.190. The first-order valence-corrected chi connectivity index (χ1v) is 8.79. The Labute approximate surface area is 150 Å². The van der Waals surface area contributed by atoms with Crippen LogP contribution in [0.15, 0.2) is 53.6 Å². The Morgan fingerprint density at radius 2 is 1.92 bits per heavy atom. The van der Waals surface area contributed by atoms with Gasteiger partial charge in [0.2, 0.25) is 5.91 Å². The number of hydrogen-bond acceptors (Lipinski definition) is 3. The first kappa shape index (κ1) is 19.0. The normalized spacial score (nSPS) is 17.4. The van der Waals surface area contributed by atoms with Gasteiger partial charge in [-0.3, -0.25) is 4.79 Å². The average Bonchev–Trinajstić information content (AvgIpc) is 2.94. The average molecular weight is 341 g/mol. The molecule has 1 aromatic rings. The third-order valence-electron chi connectivity index (χ3n) is 4.26. The Morgan fingerprint density at radius 3 is 2.60 bits per heavy atom. The fourth-order valence-electron chi connectivity index (χ4n) is 2.85. The smallest absolute Gasteiger partial charge is 0.416 e. The lowest BCUT2D eigenvalue weighted by Crippen LogP contribution is -2.39. The van der Waals surface area contributed by atoms with Crippen molar-refractivity contribution in [1.82, 2.24) is 4.90 Å². The van der Waals surface area contributed by atoms with E-state index in [0.717, 1.165) is 24.0 Å². The van der Waals surface area contributed by atoms with E-state index in [1.165, 1.54) is 10.5 Å². The number of cyclic esters (lactones) is 1. The van der Waals surface area contributed by atoms with Crippen molar-refractivity contribution in [3.63, 3.8) is 0 Å². The van der Waals surface area contributed by atoms with E-state index < -0.39 is 6.09 Å². The van der Waals surface area contributed by atoms with Gasteiger partial charge in [0.25, 0.3) is 0 Å². The van der Waals surface area contributed by atoms with Gasteiger partial charge in [0.05, 0.1) is 6.04 Å². The van der Waals surface area contributed by atoms with Crippen LogP contribution in [0.4, 0.5) is 4.79 Å². The van der Waals surface area contributed by atoms with Crippen molar-refractivity contribution in [2.24, 2.45) is 0 Å². The maximum atomic E-state index is 12.5. The number of nitrogens with zero attached hydrogens (tertiary/aromatic N) is 1. The molecule has 4 nitrogen and oxygen atoms in total. The van der Waals surface area contributed by atoms with E-state index in [1.54, 1.807) is 0 Å². The van der Waals surface area contributed by atoms with E-state index in [1.807, 2.05) is 43.3 Å². The summed E-state index contributed by atoms with van der Waals surface area (Å²) in [5.41, 5.74) is 3.56. The van der Waals surface area contributed by atoms with E-state index in [-0.39, 0.29) is 25.0 Å². The predicted octanol–water partition coefficient (Wildman–Crippen LogP) is 4.66. The molecule has 0 aromatic heterocycles. The van der Waals surface area contributed by atoms with E-state index in [9.17, 15) is 9.59 Å². The van der Waals surface area contributed by atoms with Crippen LogP contribution in [0.2, 0.25) is 0 Å². The van der Waals surface area contributed by atoms with Gasteiger partial charge in [-0.05, 0) is 45.6 Å². The van der Waals surface area contributed by atoms with Crippen LogP contribution in [-0.4, -0.2) is 29.5 Å². The van der Waals surface area contributed by atoms with Gasteiger partial charge in [-0.15, -0.1) is 0 Å². The fourth-order valence-corrected chi connectivity index (χ4v) is 2.85. The highest BCUT2D eigenvalue weighted by Gasteiger charge is 2.37. The summed E-state index contributed by atoms with van der Waals surface area (Å²) in [5, 5.41) is 0. The highest BCUT2D eigenvalue weighted by atomic mass is 16.6.